The molecule has 0 spiro atoms. The molecule has 4 aliphatic rings. The van der Waals surface area contributed by atoms with Crippen LogP contribution in [0.3, 0.4) is 0 Å². The molecule has 110 valence electrons. The third-order valence-electron chi connectivity index (χ3n) is 6.22. The molecule has 1 aromatic heterocycles. The molecule has 0 amide bonds. The minimum atomic E-state index is 0. The summed E-state index contributed by atoms with van der Waals surface area (Å²) in [7, 11) is 0. The summed E-state index contributed by atoms with van der Waals surface area (Å²) in [6.07, 6.45) is 13.0. The van der Waals surface area contributed by atoms with Crippen molar-refractivity contribution in [2.24, 2.45) is 23.2 Å². The fourth-order valence-electron chi connectivity index (χ4n) is 5.77. The van der Waals surface area contributed by atoms with Gasteiger partial charge in [0.2, 0.25) is 0 Å². The summed E-state index contributed by atoms with van der Waals surface area (Å²) in [4.78, 5) is 0. The van der Waals surface area contributed by atoms with Crippen molar-refractivity contribution in [3.05, 3.63) is 30.1 Å². The number of rotatable bonds is 3. The molecule has 1 nitrogen and oxygen atoms in total. The summed E-state index contributed by atoms with van der Waals surface area (Å²) in [6, 6.07) is 6.56. The summed E-state index contributed by atoms with van der Waals surface area (Å²) in [5.74, 6) is 3.27. The molecule has 4 bridgehead atoms. The van der Waals surface area contributed by atoms with Gasteiger partial charge in [0, 0.05) is 25.5 Å². The first kappa shape index (κ1) is 14.6. The maximum atomic E-state index is 2.46. The van der Waals surface area contributed by atoms with Crippen molar-refractivity contribution in [2.75, 3.05) is 0 Å². The highest BCUT2D eigenvalue weighted by atomic mass is 79.9. The Morgan fingerprint density at radius 1 is 1.05 bits per heavy atom. The summed E-state index contributed by atoms with van der Waals surface area (Å²) in [6.45, 7) is 3.47. The summed E-state index contributed by atoms with van der Waals surface area (Å²) in [5.41, 5.74) is 2.14. The van der Waals surface area contributed by atoms with Crippen molar-refractivity contribution >= 4 is 0 Å². The smallest absolute Gasteiger partial charge is 0.178 e. The number of nitrogens with zero attached hydrogens (tertiary/aromatic N) is 1. The predicted molar refractivity (Wildman–Crippen MR) is 76.6 cm³/mol. The topological polar surface area (TPSA) is 3.88 Å². The first-order valence-corrected chi connectivity index (χ1v) is 8.18. The molecule has 20 heavy (non-hydrogen) atoms. The fraction of sp³-hybridized carbons (Fsp3) is 0.722. The van der Waals surface area contributed by atoms with E-state index in [1.807, 2.05) is 0 Å². The molecular weight excluding hydrogens is 310 g/mol. The van der Waals surface area contributed by atoms with E-state index in [0.717, 1.165) is 23.2 Å². The first-order valence-electron chi connectivity index (χ1n) is 8.18. The Balaban J connectivity index is 0.00000121. The van der Waals surface area contributed by atoms with Crippen LogP contribution in [0.5, 0.6) is 0 Å². The summed E-state index contributed by atoms with van der Waals surface area (Å²) < 4.78 is 2.46. The Bertz CT molecular complexity index is 447. The number of halogens is 1. The van der Waals surface area contributed by atoms with Gasteiger partial charge in [-0.25, -0.2) is 4.57 Å². The van der Waals surface area contributed by atoms with E-state index in [1.165, 1.54) is 18.7 Å². The zero-order valence-electron chi connectivity index (χ0n) is 12.5. The lowest BCUT2D eigenvalue weighted by Crippen LogP contribution is -3.00. The molecule has 4 fully saturated rings. The molecule has 0 aromatic carbocycles. The maximum absolute atomic E-state index is 2.46. The van der Waals surface area contributed by atoms with Crippen LogP contribution in [0.15, 0.2) is 24.4 Å². The van der Waals surface area contributed by atoms with Gasteiger partial charge in [-0.15, -0.1) is 0 Å². The van der Waals surface area contributed by atoms with E-state index in [1.54, 1.807) is 38.5 Å². The highest BCUT2D eigenvalue weighted by Gasteiger charge is 2.50. The van der Waals surface area contributed by atoms with Gasteiger partial charge >= 0.3 is 0 Å². The zero-order valence-corrected chi connectivity index (χ0v) is 14.1. The lowest BCUT2D eigenvalue weighted by atomic mass is 9.49. The second-order valence-electron chi connectivity index (χ2n) is 7.70. The fourth-order valence-corrected chi connectivity index (χ4v) is 5.77. The number of aromatic nitrogens is 1. The standard InChI is InChI=1S/C18H26N.BrH/c1-14-4-2-3-6-19(14)7-5-18-11-15-8-16(12-18)10-17(9-15)13-18;/h2-4,6,15-17H,5,7-13H2,1H3;1H/q+1;/p-1. The Morgan fingerprint density at radius 3 is 2.20 bits per heavy atom. The lowest BCUT2D eigenvalue weighted by molar-refractivity contribution is -0.705. The quantitative estimate of drug-likeness (QED) is 0.722. The summed E-state index contributed by atoms with van der Waals surface area (Å²) >= 11 is 0. The van der Waals surface area contributed by atoms with E-state index >= 15 is 0 Å². The number of aryl methyl sites for hydroxylation is 2. The normalized spacial score (nSPS) is 37.8. The molecule has 0 unspecified atom stereocenters. The molecule has 0 aliphatic heterocycles. The van der Waals surface area contributed by atoms with Gasteiger partial charge in [-0.2, -0.15) is 0 Å². The largest absolute Gasteiger partial charge is 1.00 e. The molecule has 0 N–H and O–H groups in total. The molecule has 0 saturated heterocycles. The summed E-state index contributed by atoms with van der Waals surface area (Å²) in [5, 5.41) is 0. The van der Waals surface area contributed by atoms with Gasteiger partial charge in [-0.05, 0) is 61.7 Å². The second-order valence-corrected chi connectivity index (χ2v) is 7.70. The van der Waals surface area contributed by atoms with Crippen molar-refractivity contribution in [3.63, 3.8) is 0 Å². The van der Waals surface area contributed by atoms with E-state index in [2.05, 4.69) is 35.9 Å². The first-order chi connectivity index (χ1) is 9.22. The van der Waals surface area contributed by atoms with Gasteiger partial charge in [-0.1, -0.05) is 6.07 Å². The molecule has 1 aromatic rings. The predicted octanol–water partition coefficient (Wildman–Crippen LogP) is 0.893. The Morgan fingerprint density at radius 2 is 1.65 bits per heavy atom. The van der Waals surface area contributed by atoms with E-state index in [4.69, 9.17) is 0 Å². The van der Waals surface area contributed by atoms with Gasteiger partial charge in [0.25, 0.3) is 0 Å². The van der Waals surface area contributed by atoms with E-state index in [9.17, 15) is 0 Å². The van der Waals surface area contributed by atoms with Crippen LogP contribution >= 0.6 is 0 Å². The number of hydrogen-bond acceptors (Lipinski definition) is 0. The van der Waals surface area contributed by atoms with Crippen LogP contribution in [0, 0.1) is 30.1 Å². The highest BCUT2D eigenvalue weighted by molar-refractivity contribution is 5.01. The molecule has 4 saturated carbocycles. The minimum Gasteiger partial charge on any atom is -1.00 e. The van der Waals surface area contributed by atoms with Crippen LogP contribution in [0.1, 0.15) is 50.6 Å². The van der Waals surface area contributed by atoms with Gasteiger partial charge in [0.1, 0.15) is 6.54 Å². The molecule has 0 atom stereocenters. The van der Waals surface area contributed by atoms with Gasteiger partial charge < -0.3 is 17.0 Å². The van der Waals surface area contributed by atoms with E-state index in [0.29, 0.717) is 0 Å². The molecule has 1 heterocycles. The van der Waals surface area contributed by atoms with Crippen molar-refractivity contribution in [1.29, 1.82) is 0 Å². The highest BCUT2D eigenvalue weighted by Crippen LogP contribution is 2.61. The van der Waals surface area contributed by atoms with E-state index < -0.39 is 0 Å². The SMILES string of the molecule is Cc1cccc[n+]1CCC12CC3CC(CC(C3)C1)C2.[Br-]. The Labute approximate surface area is 133 Å². The third-order valence-corrected chi connectivity index (χ3v) is 6.22. The zero-order chi connectivity index (χ0) is 12.9. The van der Waals surface area contributed by atoms with Crippen LogP contribution in [-0.2, 0) is 6.54 Å². The monoisotopic (exact) mass is 335 g/mol. The lowest BCUT2D eigenvalue weighted by Gasteiger charge is -2.56. The third kappa shape index (κ3) is 2.56. The van der Waals surface area contributed by atoms with E-state index in [-0.39, 0.29) is 17.0 Å². The van der Waals surface area contributed by atoms with Crippen LogP contribution < -0.4 is 21.5 Å². The number of pyridine rings is 1. The minimum absolute atomic E-state index is 0. The Kier molecular flexibility index (Phi) is 3.96. The van der Waals surface area contributed by atoms with Crippen LogP contribution in [-0.4, -0.2) is 0 Å². The average Bonchev–Trinajstić information content (AvgIpc) is 2.36. The molecular formula is C18H26BrN. The average molecular weight is 336 g/mol. The van der Waals surface area contributed by atoms with Crippen LogP contribution in [0.25, 0.3) is 0 Å². The van der Waals surface area contributed by atoms with Crippen molar-refractivity contribution in [2.45, 2.75) is 58.4 Å². The molecule has 0 radical (unpaired) electrons. The molecule has 5 rings (SSSR count). The molecule has 4 aliphatic carbocycles. The van der Waals surface area contributed by atoms with Gasteiger partial charge in [-0.3, -0.25) is 0 Å². The Hall–Kier alpha value is -0.370. The van der Waals surface area contributed by atoms with Gasteiger partial charge in [0.15, 0.2) is 11.9 Å². The number of hydrogen-bond donors (Lipinski definition) is 0. The van der Waals surface area contributed by atoms with Crippen molar-refractivity contribution in [3.8, 4) is 0 Å². The van der Waals surface area contributed by atoms with Crippen molar-refractivity contribution in [1.82, 2.24) is 0 Å². The van der Waals surface area contributed by atoms with Crippen molar-refractivity contribution < 1.29 is 21.5 Å². The van der Waals surface area contributed by atoms with Gasteiger partial charge in [0.05, 0.1) is 0 Å². The second kappa shape index (κ2) is 5.44. The maximum Gasteiger partial charge on any atom is 0.178 e. The van der Waals surface area contributed by atoms with Crippen LogP contribution in [0.4, 0.5) is 0 Å². The van der Waals surface area contributed by atoms with Crippen LogP contribution in [0.2, 0.25) is 0 Å². The molecule has 2 heteroatoms.